The number of carbonyl (C=O) groups excluding carboxylic acids is 5. The van der Waals surface area contributed by atoms with Crippen LogP contribution in [0.2, 0.25) is 0 Å². The van der Waals surface area contributed by atoms with Crippen molar-refractivity contribution in [3.8, 4) is 17.2 Å². The van der Waals surface area contributed by atoms with Crippen LogP contribution in [0.25, 0.3) is 0 Å². The zero-order valence-corrected chi connectivity index (χ0v) is 55.6. The van der Waals surface area contributed by atoms with Gasteiger partial charge in [0.15, 0.2) is 28.8 Å². The van der Waals surface area contributed by atoms with Crippen molar-refractivity contribution in [3.05, 3.63) is 405 Å². The Balaban J connectivity index is 0.000000160. The number of carbonyl (C=O) groups is 6. The molecule has 6 aromatic heterocycles. The minimum absolute atomic E-state index is 0.000593. The summed E-state index contributed by atoms with van der Waals surface area (Å²) in [6, 6.07) is 65.3. The van der Waals surface area contributed by atoms with Gasteiger partial charge in [0.05, 0.1) is 0 Å². The second-order valence-corrected chi connectivity index (χ2v) is 23.3. The predicted molar refractivity (Wildman–Crippen MR) is 374 cm³/mol. The summed E-state index contributed by atoms with van der Waals surface area (Å²) < 4.78 is 83.7. The average molecular weight is 1430 g/mol. The number of ether oxygens (including phenoxy) is 2. The highest BCUT2D eigenvalue weighted by Crippen LogP contribution is 2.28. The third-order valence-corrected chi connectivity index (χ3v) is 15.6. The first-order valence-electron chi connectivity index (χ1n) is 32.3. The number of furan rings is 3. The number of aromatic carboxylic acids is 1. The first kappa shape index (κ1) is 73.1. The van der Waals surface area contributed by atoms with E-state index in [4.69, 9.17) is 36.0 Å². The molecule has 6 heterocycles. The van der Waals surface area contributed by atoms with Crippen molar-refractivity contribution in [3.63, 3.8) is 0 Å². The lowest BCUT2D eigenvalue weighted by atomic mass is 10.1. The minimum Gasteiger partial charge on any atom is -0.501 e. The maximum Gasteiger partial charge on any atom is 0.371 e. The molecule has 0 aliphatic rings. The van der Waals surface area contributed by atoms with Crippen LogP contribution in [0.1, 0.15) is 137 Å². The number of hydrogen-bond acceptors (Lipinski definition) is 18. The van der Waals surface area contributed by atoms with Gasteiger partial charge >= 0.3 is 5.97 Å². The van der Waals surface area contributed by atoms with Crippen LogP contribution in [0.4, 0.5) is 13.2 Å². The van der Waals surface area contributed by atoms with Gasteiger partial charge in [0.1, 0.15) is 47.9 Å². The molecule has 21 nitrogen and oxygen atoms in total. The van der Waals surface area contributed by atoms with Gasteiger partial charge in [-0.2, -0.15) is 0 Å². The Morgan fingerprint density at radius 2 is 0.632 bits per heavy atom. The molecule has 13 rings (SSSR count). The fourth-order valence-electron chi connectivity index (χ4n) is 10.2. The average Bonchev–Trinajstić information content (AvgIpc) is 1.38. The number of hydrogen-bond donors (Lipinski definition) is 4. The molecule has 7 aromatic carbocycles. The van der Waals surface area contributed by atoms with Crippen LogP contribution in [0.15, 0.2) is 290 Å². The monoisotopic (exact) mass is 1430 g/mol. The molecule has 0 saturated carbocycles. The van der Waals surface area contributed by atoms with Gasteiger partial charge in [-0.3, -0.25) is 38.4 Å². The van der Waals surface area contributed by atoms with E-state index in [1.54, 1.807) is 78.9 Å². The number of aromatic hydroxyl groups is 1. The summed E-state index contributed by atoms with van der Waals surface area (Å²) in [6.07, 6.45) is 0.909. The van der Waals surface area contributed by atoms with Gasteiger partial charge in [0.25, 0.3) is 29.2 Å². The third-order valence-electron chi connectivity index (χ3n) is 15.6. The van der Waals surface area contributed by atoms with Crippen molar-refractivity contribution >= 4 is 35.1 Å². The van der Waals surface area contributed by atoms with E-state index < -0.39 is 91.7 Å². The van der Waals surface area contributed by atoms with Crippen LogP contribution >= 0.6 is 0 Å². The Kier molecular flexibility index (Phi) is 23.8. The zero-order chi connectivity index (χ0) is 74.6. The molecule has 0 saturated heterocycles. The summed E-state index contributed by atoms with van der Waals surface area (Å²) >= 11 is 0. The van der Waals surface area contributed by atoms with E-state index in [-0.39, 0.29) is 72.5 Å². The standard InChI is InChI=1S/C32H24FNO6.C25H18FNO6.C25H17FO7/c33-24-13-11-21(12-14-24)17-25-15-16-27(39-25)29(36)31-30(38-20-23-9-5-2-6-10-23)26(35)18-28(40-31)32(37)34-19-22-7-3-1-4-8-22;26-17-8-6-15(7-9-17)12-18-10-11-20(32-18)23(30)24-22(29)19(28)13-21(33-24)25(31)27-14-16-4-2-1-3-5-16;26-17-8-6-15(7-9-17)12-18-10-11-20(32-18)22(28)24-23(19(27)13-21(33-24)25(29)30)31-14-16-4-2-1-3-5-16/h1-16,18H,17,19-20H2,(H,34,37);1-11,13,29H,12,14H2,(H,27,31);1-11,13H,12,14H2,(H,29,30). The third kappa shape index (κ3) is 19.5. The van der Waals surface area contributed by atoms with Crippen LogP contribution in [0, 0.1) is 17.5 Å². The number of halogens is 3. The van der Waals surface area contributed by atoms with Crippen LogP contribution in [0.3, 0.4) is 0 Å². The topological polar surface area (TPSA) is 315 Å². The maximum absolute atomic E-state index is 13.5. The largest absolute Gasteiger partial charge is 0.501 e. The SMILES string of the molecule is O=C(NCc1ccccc1)c1cc(=O)c(O)c(C(=O)c2ccc(Cc3ccc(F)cc3)o2)o1.O=C(NCc1ccccc1)c1cc(=O)c(OCc2ccccc2)c(C(=O)c2ccc(Cc3ccc(F)cc3)o2)o1.O=C(O)c1cc(=O)c(OCc2ccccc2)c(C(=O)c2ccc(Cc3ccc(F)cc3)o2)o1. The van der Waals surface area contributed by atoms with Gasteiger partial charge in [-0.05, 0) is 112 Å². The van der Waals surface area contributed by atoms with Crippen molar-refractivity contribution in [2.24, 2.45) is 0 Å². The number of nitrogens with one attached hydrogen (secondary N) is 2. The fraction of sp³-hybridized carbons (Fsp3) is 0.0854. The molecule has 2 amide bonds. The summed E-state index contributed by atoms with van der Waals surface area (Å²) in [5, 5.41) is 24.6. The molecular weight excluding hydrogens is 1370 g/mol. The Morgan fingerprint density at radius 3 is 0.981 bits per heavy atom. The normalized spacial score (nSPS) is 10.7. The minimum atomic E-state index is -1.51. The molecule has 13 aromatic rings. The Labute approximate surface area is 599 Å². The highest BCUT2D eigenvalue weighted by Gasteiger charge is 2.30. The molecule has 0 aliphatic carbocycles. The summed E-state index contributed by atoms with van der Waals surface area (Å²) in [7, 11) is 0. The van der Waals surface area contributed by atoms with E-state index in [9.17, 15) is 66.5 Å². The first-order chi connectivity index (χ1) is 51.3. The van der Waals surface area contributed by atoms with E-state index in [0.717, 1.165) is 57.1 Å². The summed E-state index contributed by atoms with van der Waals surface area (Å²) in [4.78, 5) is 114. The van der Waals surface area contributed by atoms with Gasteiger partial charge in [0, 0.05) is 50.6 Å². The Hall–Kier alpha value is -14.2. The molecule has 24 heteroatoms. The van der Waals surface area contributed by atoms with E-state index >= 15 is 0 Å². The van der Waals surface area contributed by atoms with Gasteiger partial charge in [0.2, 0.25) is 56.6 Å². The molecule has 4 N–H and O–H groups in total. The molecule has 0 bridgehead atoms. The second-order valence-electron chi connectivity index (χ2n) is 23.3. The van der Waals surface area contributed by atoms with E-state index in [1.807, 2.05) is 97.1 Å². The lowest BCUT2D eigenvalue weighted by Gasteiger charge is -2.11. The molecule has 106 heavy (non-hydrogen) atoms. The Morgan fingerprint density at radius 1 is 0.330 bits per heavy atom. The number of carboxylic acids is 1. The highest BCUT2D eigenvalue weighted by atomic mass is 19.1. The summed E-state index contributed by atoms with van der Waals surface area (Å²) in [6.45, 7) is 0.341. The number of carboxylic acid groups (broad SMARTS) is 1. The summed E-state index contributed by atoms with van der Waals surface area (Å²) in [5.74, 6) is -10.5. The number of rotatable bonds is 25. The number of amides is 2. The lowest BCUT2D eigenvalue weighted by molar-refractivity contribution is 0.0653. The lowest BCUT2D eigenvalue weighted by Crippen LogP contribution is -2.25. The summed E-state index contributed by atoms with van der Waals surface area (Å²) in [5.41, 5.74) is 3.05. The van der Waals surface area contributed by atoms with Crippen LogP contribution in [0.5, 0.6) is 17.2 Å². The van der Waals surface area contributed by atoms with Crippen molar-refractivity contribution in [2.45, 2.75) is 45.6 Å². The number of ketones is 3. The predicted octanol–water partition coefficient (Wildman–Crippen LogP) is 14.0. The zero-order valence-electron chi connectivity index (χ0n) is 55.6. The van der Waals surface area contributed by atoms with Crippen molar-refractivity contribution in [2.75, 3.05) is 0 Å². The van der Waals surface area contributed by atoms with Gasteiger partial charge in [-0.1, -0.05) is 158 Å². The second kappa shape index (κ2) is 34.5. The van der Waals surface area contributed by atoms with E-state index in [0.29, 0.717) is 36.5 Å². The van der Waals surface area contributed by atoms with Gasteiger partial charge in [-0.25, -0.2) is 18.0 Å². The molecule has 0 atom stereocenters. The fourth-order valence-corrected chi connectivity index (χ4v) is 10.2. The van der Waals surface area contributed by atoms with Crippen LogP contribution < -0.4 is 36.4 Å². The molecule has 532 valence electrons. The smallest absolute Gasteiger partial charge is 0.371 e. The molecule has 0 unspecified atom stereocenters. The van der Waals surface area contributed by atoms with Gasteiger partial charge < -0.3 is 56.8 Å². The molecule has 0 radical (unpaired) electrons. The first-order valence-corrected chi connectivity index (χ1v) is 32.3. The van der Waals surface area contributed by atoms with Crippen LogP contribution in [-0.4, -0.2) is 45.3 Å². The quantitative estimate of drug-likeness (QED) is 0.0386. The van der Waals surface area contributed by atoms with Crippen molar-refractivity contribution < 1.29 is 88.1 Å². The Bertz CT molecular complexity index is 5460. The highest BCUT2D eigenvalue weighted by molar-refractivity contribution is 6.08. The molecule has 0 fully saturated rings. The van der Waals surface area contributed by atoms with E-state index in [1.165, 1.54) is 54.6 Å². The van der Waals surface area contributed by atoms with Crippen LogP contribution in [-0.2, 0) is 45.6 Å². The van der Waals surface area contributed by atoms with E-state index in [2.05, 4.69) is 10.6 Å². The van der Waals surface area contributed by atoms with Crippen molar-refractivity contribution in [1.29, 1.82) is 0 Å². The van der Waals surface area contributed by atoms with Gasteiger partial charge in [-0.15, -0.1) is 0 Å². The molecule has 0 aliphatic heterocycles. The number of benzene rings is 7. The maximum atomic E-state index is 13.5. The van der Waals surface area contributed by atoms with Crippen molar-refractivity contribution in [1.82, 2.24) is 10.6 Å². The molecule has 0 spiro atoms. The molecular formula is C82H59F3N2O19.